The van der Waals surface area contributed by atoms with Crippen LogP contribution in [0.2, 0.25) is 0 Å². The van der Waals surface area contributed by atoms with Gasteiger partial charge in [-0.1, -0.05) is 6.92 Å². The van der Waals surface area contributed by atoms with E-state index in [4.69, 9.17) is 15.9 Å². The zero-order chi connectivity index (χ0) is 12.7. The van der Waals surface area contributed by atoms with Crippen molar-refractivity contribution in [1.82, 2.24) is 0 Å². The lowest BCUT2D eigenvalue weighted by Crippen LogP contribution is -2.37. The van der Waals surface area contributed by atoms with Gasteiger partial charge in [-0.25, -0.2) is 0 Å². The topological polar surface area (TPSA) is 118 Å². The summed E-state index contributed by atoms with van der Waals surface area (Å²) in [5.74, 6) is -2.66. The van der Waals surface area contributed by atoms with E-state index in [1.165, 1.54) is 0 Å². The zero-order valence-corrected chi connectivity index (χ0v) is 9.18. The van der Waals surface area contributed by atoms with E-state index in [0.717, 1.165) is 0 Å². The first kappa shape index (κ1) is 14.6. The summed E-state index contributed by atoms with van der Waals surface area (Å²) in [4.78, 5) is 32.0. The second-order valence-electron chi connectivity index (χ2n) is 3.83. The zero-order valence-electron chi connectivity index (χ0n) is 9.18. The Morgan fingerprint density at radius 2 is 1.75 bits per heavy atom. The maximum atomic E-state index is 11.3. The number of hydrogen-bond donors (Lipinski definition) is 3. The number of Topliss-reactive ketones (excluding diaryl/α,β-unsaturated/α-hetero) is 1. The third-order valence-electron chi connectivity index (χ3n) is 2.29. The highest BCUT2D eigenvalue weighted by atomic mass is 16.4. The molecule has 0 radical (unpaired) electrons. The molecule has 0 fully saturated rings. The molecular weight excluding hydrogens is 214 g/mol. The molecule has 2 atom stereocenters. The Morgan fingerprint density at radius 1 is 1.19 bits per heavy atom. The highest BCUT2D eigenvalue weighted by Crippen LogP contribution is 2.10. The van der Waals surface area contributed by atoms with Crippen LogP contribution in [0, 0.1) is 5.92 Å². The SMILES string of the molecule is CC(CC(=O)CCCC(=O)O)[C@H](N)C(=O)O. The fourth-order valence-electron chi connectivity index (χ4n) is 1.27. The fraction of sp³-hybridized carbons (Fsp3) is 0.700. The number of rotatable bonds is 8. The van der Waals surface area contributed by atoms with Crippen LogP contribution in [0.25, 0.3) is 0 Å². The van der Waals surface area contributed by atoms with E-state index < -0.39 is 23.9 Å². The molecule has 0 aliphatic carbocycles. The molecule has 0 aliphatic heterocycles. The number of carboxylic acids is 2. The maximum absolute atomic E-state index is 11.3. The molecule has 92 valence electrons. The molecule has 16 heavy (non-hydrogen) atoms. The molecule has 0 aromatic rings. The molecule has 1 unspecified atom stereocenters. The van der Waals surface area contributed by atoms with E-state index in [1.54, 1.807) is 6.92 Å². The van der Waals surface area contributed by atoms with Crippen molar-refractivity contribution in [2.24, 2.45) is 11.7 Å². The van der Waals surface area contributed by atoms with Gasteiger partial charge in [0.15, 0.2) is 0 Å². The van der Waals surface area contributed by atoms with Crippen molar-refractivity contribution in [2.75, 3.05) is 0 Å². The van der Waals surface area contributed by atoms with Crippen LogP contribution in [-0.2, 0) is 14.4 Å². The highest BCUT2D eigenvalue weighted by Gasteiger charge is 2.22. The Balaban J connectivity index is 3.87. The molecule has 0 saturated carbocycles. The van der Waals surface area contributed by atoms with Crippen molar-refractivity contribution >= 4 is 17.7 Å². The second-order valence-corrected chi connectivity index (χ2v) is 3.83. The Morgan fingerprint density at radius 3 is 2.19 bits per heavy atom. The summed E-state index contributed by atoms with van der Waals surface area (Å²) in [5, 5.41) is 17.0. The molecule has 0 bridgehead atoms. The van der Waals surface area contributed by atoms with Crippen LogP contribution in [0.1, 0.15) is 32.6 Å². The van der Waals surface area contributed by atoms with Crippen LogP contribution in [0.15, 0.2) is 0 Å². The van der Waals surface area contributed by atoms with Gasteiger partial charge in [0.2, 0.25) is 0 Å². The van der Waals surface area contributed by atoms with Crippen LogP contribution >= 0.6 is 0 Å². The van der Waals surface area contributed by atoms with Gasteiger partial charge in [0.25, 0.3) is 0 Å². The molecule has 0 aromatic carbocycles. The van der Waals surface area contributed by atoms with E-state index in [-0.39, 0.29) is 31.5 Å². The minimum Gasteiger partial charge on any atom is -0.481 e. The van der Waals surface area contributed by atoms with Gasteiger partial charge in [0, 0.05) is 19.3 Å². The normalized spacial score (nSPS) is 14.1. The van der Waals surface area contributed by atoms with Crippen LogP contribution in [0.3, 0.4) is 0 Å². The second kappa shape index (κ2) is 6.95. The minimum atomic E-state index is -1.13. The molecular formula is C10H17NO5. The van der Waals surface area contributed by atoms with E-state index in [0.29, 0.717) is 0 Å². The first-order chi connectivity index (χ1) is 7.34. The standard InChI is InChI=1S/C10H17NO5/c1-6(9(11)10(15)16)5-7(12)3-2-4-8(13)14/h6,9H,2-5,11H2,1H3,(H,13,14)(H,15,16)/t6?,9-/m0/s1. The maximum Gasteiger partial charge on any atom is 0.320 e. The molecule has 6 heteroatoms. The lowest BCUT2D eigenvalue weighted by atomic mass is 9.95. The third kappa shape index (κ3) is 6.13. The van der Waals surface area contributed by atoms with Gasteiger partial charge in [0.1, 0.15) is 11.8 Å². The molecule has 0 saturated heterocycles. The molecule has 0 heterocycles. The third-order valence-corrected chi connectivity index (χ3v) is 2.29. The van der Waals surface area contributed by atoms with Crippen LogP contribution in [0.5, 0.6) is 0 Å². The van der Waals surface area contributed by atoms with Crippen molar-refractivity contribution in [3.8, 4) is 0 Å². The van der Waals surface area contributed by atoms with Gasteiger partial charge in [-0.2, -0.15) is 0 Å². The predicted octanol–water partition coefficient (Wildman–Crippen LogP) is 0.249. The summed E-state index contributed by atoms with van der Waals surface area (Å²) >= 11 is 0. The first-order valence-corrected chi connectivity index (χ1v) is 5.06. The molecule has 0 amide bonds. The minimum absolute atomic E-state index is 0.0505. The number of hydrogen-bond acceptors (Lipinski definition) is 4. The van der Waals surface area contributed by atoms with E-state index in [1.807, 2.05) is 0 Å². The van der Waals surface area contributed by atoms with Crippen LogP contribution < -0.4 is 5.73 Å². The van der Waals surface area contributed by atoms with Gasteiger partial charge in [-0.3, -0.25) is 14.4 Å². The number of ketones is 1. The fourth-order valence-corrected chi connectivity index (χ4v) is 1.27. The van der Waals surface area contributed by atoms with Crippen molar-refractivity contribution in [1.29, 1.82) is 0 Å². The molecule has 0 aliphatic rings. The summed E-state index contributed by atoms with van der Waals surface area (Å²) in [7, 11) is 0. The van der Waals surface area contributed by atoms with Crippen molar-refractivity contribution in [3.63, 3.8) is 0 Å². The summed E-state index contributed by atoms with van der Waals surface area (Å²) < 4.78 is 0. The van der Waals surface area contributed by atoms with E-state index >= 15 is 0 Å². The number of carbonyl (C=O) groups excluding carboxylic acids is 1. The monoisotopic (exact) mass is 231 g/mol. The predicted molar refractivity (Wildman–Crippen MR) is 55.9 cm³/mol. The van der Waals surface area contributed by atoms with Gasteiger partial charge < -0.3 is 15.9 Å². The first-order valence-electron chi connectivity index (χ1n) is 5.06. The van der Waals surface area contributed by atoms with E-state index in [9.17, 15) is 14.4 Å². The molecule has 0 aromatic heterocycles. The molecule has 4 N–H and O–H groups in total. The van der Waals surface area contributed by atoms with Crippen molar-refractivity contribution < 1.29 is 24.6 Å². The van der Waals surface area contributed by atoms with Gasteiger partial charge in [-0.15, -0.1) is 0 Å². The molecule has 0 spiro atoms. The summed E-state index contributed by atoms with van der Waals surface area (Å²) in [6.45, 7) is 1.59. The highest BCUT2D eigenvalue weighted by molar-refractivity contribution is 5.81. The number of carboxylic acid groups (broad SMARTS) is 2. The van der Waals surface area contributed by atoms with Crippen molar-refractivity contribution in [2.45, 2.75) is 38.6 Å². The summed E-state index contributed by atoms with van der Waals surface area (Å²) in [6, 6.07) is -1.05. The average Bonchev–Trinajstić information content (AvgIpc) is 2.15. The molecule has 0 rings (SSSR count). The van der Waals surface area contributed by atoms with Gasteiger partial charge in [-0.05, 0) is 12.3 Å². The van der Waals surface area contributed by atoms with Crippen molar-refractivity contribution in [3.05, 3.63) is 0 Å². The smallest absolute Gasteiger partial charge is 0.320 e. The summed E-state index contributed by atoms with van der Waals surface area (Å²) in [5.41, 5.74) is 5.34. The number of nitrogens with two attached hydrogens (primary N) is 1. The average molecular weight is 231 g/mol. The lowest BCUT2D eigenvalue weighted by Gasteiger charge is -2.14. The Labute approximate surface area is 93.4 Å². The van der Waals surface area contributed by atoms with E-state index in [2.05, 4.69) is 0 Å². The molecule has 6 nitrogen and oxygen atoms in total. The number of aliphatic carboxylic acids is 2. The quantitative estimate of drug-likeness (QED) is 0.551. The van der Waals surface area contributed by atoms with Gasteiger partial charge >= 0.3 is 11.9 Å². The van der Waals surface area contributed by atoms with Gasteiger partial charge in [0.05, 0.1) is 0 Å². The number of carbonyl (C=O) groups is 3. The largest absolute Gasteiger partial charge is 0.481 e. The Kier molecular flexibility index (Phi) is 6.32. The lowest BCUT2D eigenvalue weighted by molar-refractivity contribution is -0.140. The Hall–Kier alpha value is -1.43. The Bertz CT molecular complexity index is 276. The van der Waals surface area contributed by atoms with Crippen LogP contribution in [-0.4, -0.2) is 34.0 Å². The summed E-state index contributed by atoms with van der Waals surface area (Å²) in [6.07, 6.45) is 0.463. The van der Waals surface area contributed by atoms with Crippen LogP contribution in [0.4, 0.5) is 0 Å².